The fourth-order valence-electron chi connectivity index (χ4n) is 4.88. The molecule has 3 aromatic rings. The van der Waals surface area contributed by atoms with E-state index in [1.165, 1.54) is 0 Å². The molecular weight excluding hydrogens is 448 g/mol. The van der Waals surface area contributed by atoms with Crippen molar-refractivity contribution in [1.82, 2.24) is 19.6 Å². The molecule has 2 aromatic carbocycles. The zero-order valence-electron chi connectivity index (χ0n) is 19.4. The van der Waals surface area contributed by atoms with Gasteiger partial charge < -0.3 is 4.90 Å². The first kappa shape index (κ1) is 22.8. The monoisotopic (exact) mass is 478 g/mol. The van der Waals surface area contributed by atoms with Crippen molar-refractivity contribution >= 4 is 15.7 Å². The molecule has 0 aliphatic carbocycles. The second-order valence-corrected chi connectivity index (χ2v) is 11.6. The molecule has 1 unspecified atom stereocenters. The van der Waals surface area contributed by atoms with Crippen molar-refractivity contribution in [3.8, 4) is 11.3 Å². The summed E-state index contributed by atoms with van der Waals surface area (Å²) in [6.07, 6.45) is 2.56. The van der Waals surface area contributed by atoms with E-state index in [-0.39, 0.29) is 23.5 Å². The molecule has 2 saturated heterocycles. The summed E-state index contributed by atoms with van der Waals surface area (Å²) >= 11 is 0. The van der Waals surface area contributed by atoms with Crippen LogP contribution in [0.1, 0.15) is 27.9 Å². The summed E-state index contributed by atoms with van der Waals surface area (Å²) in [7, 11) is -2.91. The van der Waals surface area contributed by atoms with Gasteiger partial charge in [-0.3, -0.25) is 14.4 Å². The molecule has 8 heteroatoms. The van der Waals surface area contributed by atoms with Crippen molar-refractivity contribution in [2.45, 2.75) is 25.9 Å². The second-order valence-electron chi connectivity index (χ2n) is 9.33. The lowest BCUT2D eigenvalue weighted by Gasteiger charge is -2.37. The normalized spacial score (nSPS) is 20.5. The molecule has 1 amide bonds. The zero-order chi connectivity index (χ0) is 23.7. The molecule has 2 aliphatic heterocycles. The van der Waals surface area contributed by atoms with Crippen LogP contribution < -0.4 is 0 Å². The molecule has 0 N–H and O–H groups in total. The van der Waals surface area contributed by atoms with Crippen molar-refractivity contribution in [2.24, 2.45) is 0 Å². The van der Waals surface area contributed by atoms with Gasteiger partial charge in [0.15, 0.2) is 9.84 Å². The molecule has 0 spiro atoms. The molecule has 178 valence electrons. The summed E-state index contributed by atoms with van der Waals surface area (Å²) in [5.74, 6) is 0.496. The van der Waals surface area contributed by atoms with Gasteiger partial charge >= 0.3 is 0 Å². The number of rotatable bonds is 5. The lowest BCUT2D eigenvalue weighted by molar-refractivity contribution is 0.0588. The second kappa shape index (κ2) is 9.35. The van der Waals surface area contributed by atoms with Gasteiger partial charge in [0, 0.05) is 44.0 Å². The molecule has 0 saturated carbocycles. The van der Waals surface area contributed by atoms with Gasteiger partial charge in [-0.15, -0.1) is 0 Å². The van der Waals surface area contributed by atoms with E-state index in [0.717, 1.165) is 16.7 Å². The summed E-state index contributed by atoms with van der Waals surface area (Å²) in [6.45, 7) is 5.21. The number of carbonyl (C=O) groups excluding carboxylic acids is 1. The molecule has 3 heterocycles. The number of aryl methyl sites for hydroxylation is 1. The lowest BCUT2D eigenvalue weighted by atomic mass is 10.1. The van der Waals surface area contributed by atoms with Gasteiger partial charge in [0.25, 0.3) is 5.91 Å². The van der Waals surface area contributed by atoms with Crippen LogP contribution in [0, 0.1) is 6.92 Å². The summed E-state index contributed by atoms with van der Waals surface area (Å²) in [5.41, 5.74) is 4.52. The Morgan fingerprint density at radius 3 is 2.35 bits per heavy atom. The number of amides is 1. The molecule has 0 bridgehead atoms. The fraction of sp³-hybridized carbons (Fsp3) is 0.385. The highest BCUT2D eigenvalue weighted by molar-refractivity contribution is 7.91. The first-order chi connectivity index (χ1) is 16.4. The fourth-order valence-corrected chi connectivity index (χ4v) is 6.64. The standard InChI is InChI=1S/C26H30N4O3S/c1-20-7-9-22(10-8-20)25-24(18-30(27-25)17-21-5-3-2-4-6-21)26(31)29-14-12-28(13-15-29)23-11-16-34(32,33)19-23/h2-10,18,23H,11-17,19H2,1H3. The lowest BCUT2D eigenvalue weighted by Crippen LogP contribution is -2.52. The van der Waals surface area contributed by atoms with Crippen molar-refractivity contribution in [3.63, 3.8) is 0 Å². The topological polar surface area (TPSA) is 75.5 Å². The highest BCUT2D eigenvalue weighted by atomic mass is 32.2. The third-order valence-electron chi connectivity index (χ3n) is 6.83. The molecule has 2 fully saturated rings. The predicted octanol–water partition coefficient (Wildman–Crippen LogP) is 2.85. The van der Waals surface area contributed by atoms with Gasteiger partial charge in [-0.25, -0.2) is 8.42 Å². The molecule has 7 nitrogen and oxygen atoms in total. The van der Waals surface area contributed by atoms with E-state index in [4.69, 9.17) is 5.10 Å². The maximum Gasteiger partial charge on any atom is 0.257 e. The molecule has 1 atom stereocenters. The average Bonchev–Trinajstić information content (AvgIpc) is 3.43. The van der Waals surface area contributed by atoms with E-state index in [1.807, 2.05) is 65.2 Å². The number of nitrogens with zero attached hydrogens (tertiary/aromatic N) is 4. The van der Waals surface area contributed by atoms with Crippen molar-refractivity contribution in [1.29, 1.82) is 0 Å². The summed E-state index contributed by atoms with van der Waals surface area (Å²) in [4.78, 5) is 17.7. The maximum atomic E-state index is 13.6. The van der Waals surface area contributed by atoms with Crippen LogP contribution in [0.15, 0.2) is 60.8 Å². The SMILES string of the molecule is Cc1ccc(-c2nn(Cc3ccccc3)cc2C(=O)N2CCN(C3CCS(=O)(=O)C3)CC2)cc1. The third-order valence-corrected chi connectivity index (χ3v) is 8.58. The van der Waals surface area contributed by atoms with Crippen LogP contribution in [0.2, 0.25) is 0 Å². The quantitative estimate of drug-likeness (QED) is 0.564. The van der Waals surface area contributed by atoms with Gasteiger partial charge in [-0.05, 0) is 18.9 Å². The Morgan fingerprint density at radius 2 is 1.71 bits per heavy atom. The number of benzene rings is 2. The van der Waals surface area contributed by atoms with Crippen molar-refractivity contribution < 1.29 is 13.2 Å². The highest BCUT2D eigenvalue weighted by Crippen LogP contribution is 2.26. The summed E-state index contributed by atoms with van der Waals surface area (Å²) < 4.78 is 25.6. The largest absolute Gasteiger partial charge is 0.336 e. The van der Waals surface area contributed by atoms with Crippen LogP contribution in [-0.4, -0.2) is 77.6 Å². The minimum absolute atomic E-state index is 0.0198. The van der Waals surface area contributed by atoms with Crippen LogP contribution in [0.4, 0.5) is 0 Å². The predicted molar refractivity (Wildman–Crippen MR) is 132 cm³/mol. The number of piperazine rings is 1. The van der Waals surface area contributed by atoms with E-state index in [2.05, 4.69) is 17.0 Å². The molecule has 2 aliphatic rings. The van der Waals surface area contributed by atoms with Crippen LogP contribution in [0.25, 0.3) is 11.3 Å². The molecular formula is C26H30N4O3S. The Labute approximate surface area is 200 Å². The van der Waals surface area contributed by atoms with Crippen molar-refractivity contribution in [3.05, 3.63) is 77.5 Å². The minimum Gasteiger partial charge on any atom is -0.336 e. The van der Waals surface area contributed by atoms with Gasteiger partial charge in [0.1, 0.15) is 5.69 Å². The Balaban J connectivity index is 1.36. The van der Waals surface area contributed by atoms with E-state index in [9.17, 15) is 13.2 Å². The number of aromatic nitrogens is 2. The summed E-state index contributed by atoms with van der Waals surface area (Å²) in [5, 5.41) is 4.81. The van der Waals surface area contributed by atoms with Crippen LogP contribution in [-0.2, 0) is 16.4 Å². The van der Waals surface area contributed by atoms with Crippen LogP contribution >= 0.6 is 0 Å². The highest BCUT2D eigenvalue weighted by Gasteiger charge is 2.35. The Bertz CT molecular complexity index is 1260. The molecule has 34 heavy (non-hydrogen) atoms. The van der Waals surface area contributed by atoms with Gasteiger partial charge in [0.05, 0.1) is 23.6 Å². The number of hydrogen-bond donors (Lipinski definition) is 0. The minimum atomic E-state index is -2.91. The zero-order valence-corrected chi connectivity index (χ0v) is 20.2. The smallest absolute Gasteiger partial charge is 0.257 e. The van der Waals surface area contributed by atoms with E-state index < -0.39 is 9.84 Å². The van der Waals surface area contributed by atoms with Gasteiger partial charge in [0.2, 0.25) is 0 Å². The molecule has 5 rings (SSSR count). The van der Waals surface area contributed by atoms with Crippen LogP contribution in [0.5, 0.6) is 0 Å². The van der Waals surface area contributed by atoms with E-state index >= 15 is 0 Å². The average molecular weight is 479 g/mol. The first-order valence-electron chi connectivity index (χ1n) is 11.8. The Kier molecular flexibility index (Phi) is 6.27. The van der Waals surface area contributed by atoms with E-state index in [1.54, 1.807) is 0 Å². The first-order valence-corrected chi connectivity index (χ1v) is 13.6. The maximum absolute atomic E-state index is 13.6. The molecule has 0 radical (unpaired) electrons. The molecule has 1 aromatic heterocycles. The number of carbonyl (C=O) groups is 1. The number of hydrogen-bond acceptors (Lipinski definition) is 5. The Morgan fingerprint density at radius 1 is 1.00 bits per heavy atom. The Hall–Kier alpha value is -2.97. The van der Waals surface area contributed by atoms with Gasteiger partial charge in [-0.1, -0.05) is 60.2 Å². The number of sulfone groups is 1. The summed E-state index contributed by atoms with van der Waals surface area (Å²) in [6, 6.07) is 18.3. The van der Waals surface area contributed by atoms with Crippen molar-refractivity contribution in [2.75, 3.05) is 37.7 Å². The van der Waals surface area contributed by atoms with Crippen LogP contribution in [0.3, 0.4) is 0 Å². The van der Waals surface area contributed by atoms with E-state index in [0.29, 0.717) is 50.4 Å². The van der Waals surface area contributed by atoms with Gasteiger partial charge in [-0.2, -0.15) is 5.10 Å². The third kappa shape index (κ3) is 4.93.